The lowest BCUT2D eigenvalue weighted by atomic mass is 9.98. The van der Waals surface area contributed by atoms with Crippen LogP contribution in [0.1, 0.15) is 47.7 Å². The Morgan fingerprint density at radius 2 is 1.90 bits per heavy atom. The van der Waals surface area contributed by atoms with E-state index in [9.17, 15) is 9.59 Å². The van der Waals surface area contributed by atoms with Crippen LogP contribution in [0.3, 0.4) is 0 Å². The van der Waals surface area contributed by atoms with Gasteiger partial charge in [-0.25, -0.2) is 4.99 Å². The van der Waals surface area contributed by atoms with Crippen LogP contribution < -0.4 is 20.6 Å². The van der Waals surface area contributed by atoms with Crippen molar-refractivity contribution in [3.05, 3.63) is 63.7 Å². The summed E-state index contributed by atoms with van der Waals surface area (Å²) in [7, 11) is 0. The van der Waals surface area contributed by atoms with Crippen LogP contribution in [-0.4, -0.2) is 25.0 Å². The third kappa shape index (κ3) is 5.11. The molecule has 2 aromatic carbocycles. The van der Waals surface area contributed by atoms with Gasteiger partial charge in [0, 0.05) is 12.1 Å². The molecule has 2 aromatic rings. The average molecular weight is 392 g/mol. The Kier molecular flexibility index (Phi) is 6.81. The molecule has 152 valence electrons. The van der Waals surface area contributed by atoms with E-state index in [1.165, 1.54) is 0 Å². The van der Waals surface area contributed by atoms with E-state index in [1.54, 1.807) is 12.1 Å². The number of aryl methyl sites for hydroxylation is 1. The van der Waals surface area contributed by atoms with Crippen molar-refractivity contribution in [1.82, 2.24) is 5.32 Å². The van der Waals surface area contributed by atoms with Crippen molar-refractivity contribution in [3.8, 4) is 5.75 Å². The Bertz CT molecular complexity index is 1010. The molecule has 1 aliphatic heterocycles. The van der Waals surface area contributed by atoms with Crippen molar-refractivity contribution < 1.29 is 14.3 Å². The highest BCUT2D eigenvalue weighted by Crippen LogP contribution is 2.13. The second kappa shape index (κ2) is 9.50. The van der Waals surface area contributed by atoms with Gasteiger partial charge < -0.3 is 10.1 Å². The smallest absolute Gasteiger partial charge is 0.253 e. The monoisotopic (exact) mass is 392 g/mol. The van der Waals surface area contributed by atoms with Crippen LogP contribution >= 0.6 is 0 Å². The summed E-state index contributed by atoms with van der Waals surface area (Å²) in [5.41, 5.74) is 2.75. The summed E-state index contributed by atoms with van der Waals surface area (Å²) in [5.74, 6) is 0.161. The molecule has 3 rings (SSSR count). The number of carbonyl (C=O) groups excluding carboxylic acids is 2. The van der Waals surface area contributed by atoms with Crippen molar-refractivity contribution in [3.63, 3.8) is 0 Å². The number of benzene rings is 2. The van der Waals surface area contributed by atoms with Crippen molar-refractivity contribution in [2.45, 2.75) is 40.0 Å². The fourth-order valence-electron chi connectivity index (χ4n) is 3.27. The zero-order chi connectivity index (χ0) is 20.8. The van der Waals surface area contributed by atoms with E-state index in [0.29, 0.717) is 25.1 Å². The van der Waals surface area contributed by atoms with E-state index in [4.69, 9.17) is 4.74 Å². The van der Waals surface area contributed by atoms with E-state index in [0.717, 1.165) is 40.3 Å². The molecule has 1 atom stereocenters. The maximum absolute atomic E-state index is 12.4. The van der Waals surface area contributed by atoms with Crippen LogP contribution in [-0.2, 0) is 4.79 Å². The van der Waals surface area contributed by atoms with Gasteiger partial charge in [0.2, 0.25) is 0 Å². The molecule has 0 radical (unpaired) electrons. The molecule has 1 N–H and O–H groups in total. The number of hydrogen-bond acceptors (Lipinski definition) is 3. The molecule has 1 aliphatic rings. The fraction of sp³-hybridized carbons (Fsp3) is 0.375. The van der Waals surface area contributed by atoms with Gasteiger partial charge in [0.25, 0.3) is 11.8 Å². The van der Waals surface area contributed by atoms with Gasteiger partial charge >= 0.3 is 0 Å². The Labute approximate surface area is 171 Å². The predicted molar refractivity (Wildman–Crippen MR) is 113 cm³/mol. The minimum absolute atomic E-state index is 0.144. The Balaban J connectivity index is 1.55. The SMILES string of the molecule is CCCCOc1ccc(C(=O)NCCC2C=c3ccc(C)c(C)c3=NC2=O)cc1. The van der Waals surface area contributed by atoms with Crippen LogP contribution in [0.15, 0.2) is 41.4 Å². The molecular formula is C24H28N2O3. The number of ether oxygens (including phenoxy) is 1. The standard InChI is InChI=1S/C24H28N2O3/c1-4-5-14-29-21-10-8-18(9-11-21)23(27)25-13-12-20-15-19-7-6-16(2)17(3)22(19)26-24(20)28/h6-11,15,20H,4-5,12-14H2,1-3H3,(H,25,27). The van der Waals surface area contributed by atoms with E-state index in [-0.39, 0.29) is 17.7 Å². The number of carbonyl (C=O) groups is 2. The highest BCUT2D eigenvalue weighted by atomic mass is 16.5. The number of rotatable bonds is 8. The van der Waals surface area contributed by atoms with E-state index in [2.05, 4.69) is 17.2 Å². The molecule has 5 heteroatoms. The van der Waals surface area contributed by atoms with Gasteiger partial charge in [0.1, 0.15) is 5.75 Å². The van der Waals surface area contributed by atoms with Gasteiger partial charge in [0.15, 0.2) is 0 Å². The second-order valence-electron chi connectivity index (χ2n) is 7.44. The molecule has 2 amide bonds. The summed E-state index contributed by atoms with van der Waals surface area (Å²) in [6.07, 6.45) is 4.58. The van der Waals surface area contributed by atoms with Gasteiger partial charge in [0.05, 0.1) is 17.9 Å². The first kappa shape index (κ1) is 20.8. The van der Waals surface area contributed by atoms with Gasteiger partial charge in [-0.05, 0) is 67.3 Å². The Hall–Kier alpha value is -2.95. The van der Waals surface area contributed by atoms with Crippen molar-refractivity contribution in [2.24, 2.45) is 10.9 Å². The highest BCUT2D eigenvalue weighted by Gasteiger charge is 2.19. The summed E-state index contributed by atoms with van der Waals surface area (Å²) >= 11 is 0. The molecule has 0 bridgehead atoms. The fourth-order valence-corrected chi connectivity index (χ4v) is 3.27. The summed E-state index contributed by atoms with van der Waals surface area (Å²) in [6, 6.07) is 11.2. The molecular weight excluding hydrogens is 364 g/mol. The number of nitrogens with one attached hydrogen (secondary N) is 1. The number of hydrogen-bond donors (Lipinski definition) is 1. The number of nitrogens with zero attached hydrogens (tertiary/aromatic N) is 1. The first-order valence-corrected chi connectivity index (χ1v) is 10.2. The zero-order valence-corrected chi connectivity index (χ0v) is 17.3. The largest absolute Gasteiger partial charge is 0.494 e. The summed E-state index contributed by atoms with van der Waals surface area (Å²) in [4.78, 5) is 29.0. The second-order valence-corrected chi connectivity index (χ2v) is 7.44. The van der Waals surface area contributed by atoms with E-state index < -0.39 is 0 Å². The lowest BCUT2D eigenvalue weighted by Gasteiger charge is -2.14. The van der Waals surface area contributed by atoms with Crippen LogP contribution in [0.2, 0.25) is 0 Å². The highest BCUT2D eigenvalue weighted by molar-refractivity contribution is 5.94. The molecule has 0 saturated heterocycles. The molecule has 5 nitrogen and oxygen atoms in total. The molecule has 0 fully saturated rings. The number of fused-ring (bicyclic) bond motifs is 1. The van der Waals surface area contributed by atoms with Gasteiger partial charge in [-0.3, -0.25) is 9.59 Å². The number of amides is 2. The lowest BCUT2D eigenvalue weighted by molar-refractivity contribution is -0.120. The minimum atomic E-state index is -0.306. The Morgan fingerprint density at radius 3 is 2.62 bits per heavy atom. The zero-order valence-electron chi connectivity index (χ0n) is 17.3. The molecule has 1 unspecified atom stereocenters. The average Bonchev–Trinajstić information content (AvgIpc) is 2.72. The van der Waals surface area contributed by atoms with E-state index in [1.807, 2.05) is 44.2 Å². The third-order valence-corrected chi connectivity index (χ3v) is 5.28. The molecule has 29 heavy (non-hydrogen) atoms. The van der Waals surface area contributed by atoms with Crippen molar-refractivity contribution in [2.75, 3.05) is 13.2 Å². The van der Waals surface area contributed by atoms with Gasteiger partial charge in [-0.15, -0.1) is 0 Å². The van der Waals surface area contributed by atoms with E-state index >= 15 is 0 Å². The normalized spacial score (nSPS) is 15.1. The van der Waals surface area contributed by atoms with Crippen molar-refractivity contribution >= 4 is 17.9 Å². The summed E-state index contributed by atoms with van der Waals surface area (Å²) in [6.45, 7) is 7.21. The van der Waals surface area contributed by atoms with Crippen LogP contribution in [0.25, 0.3) is 6.08 Å². The molecule has 0 saturated carbocycles. The Morgan fingerprint density at radius 1 is 1.14 bits per heavy atom. The maximum atomic E-state index is 12.4. The quantitative estimate of drug-likeness (QED) is 0.703. The molecule has 0 spiro atoms. The first-order chi connectivity index (χ1) is 14.0. The predicted octanol–water partition coefficient (Wildman–Crippen LogP) is 2.86. The van der Waals surface area contributed by atoms with Gasteiger partial charge in [-0.1, -0.05) is 31.6 Å². The number of unbranched alkanes of at least 4 members (excludes halogenated alkanes) is 1. The topological polar surface area (TPSA) is 67.8 Å². The molecule has 0 aromatic heterocycles. The van der Waals surface area contributed by atoms with Crippen LogP contribution in [0, 0.1) is 19.8 Å². The van der Waals surface area contributed by atoms with Crippen LogP contribution in [0.4, 0.5) is 0 Å². The molecule has 0 aliphatic carbocycles. The first-order valence-electron chi connectivity index (χ1n) is 10.2. The molecule has 1 heterocycles. The lowest BCUT2D eigenvalue weighted by Crippen LogP contribution is -2.37. The van der Waals surface area contributed by atoms with Gasteiger partial charge in [-0.2, -0.15) is 0 Å². The minimum Gasteiger partial charge on any atom is -0.494 e. The third-order valence-electron chi connectivity index (χ3n) is 5.28. The maximum Gasteiger partial charge on any atom is 0.253 e. The summed E-state index contributed by atoms with van der Waals surface area (Å²) in [5, 5.41) is 4.65. The van der Waals surface area contributed by atoms with Crippen LogP contribution in [0.5, 0.6) is 5.75 Å². The summed E-state index contributed by atoms with van der Waals surface area (Å²) < 4.78 is 5.61. The van der Waals surface area contributed by atoms with Crippen molar-refractivity contribution in [1.29, 1.82) is 0 Å².